The summed E-state index contributed by atoms with van der Waals surface area (Å²) in [5.41, 5.74) is 6.05. The van der Waals surface area contributed by atoms with E-state index in [0.717, 1.165) is 21.7 Å². The van der Waals surface area contributed by atoms with Crippen LogP contribution in [0.25, 0.3) is 20.1 Å². The van der Waals surface area contributed by atoms with Gasteiger partial charge in [-0.25, -0.2) is 4.98 Å². The SMILES string of the molecule is Nc1ccsc1-c1nc2cc(C(F)(F)F)ccc2s1. The summed E-state index contributed by atoms with van der Waals surface area (Å²) in [4.78, 5) is 5.04. The van der Waals surface area contributed by atoms with Crippen LogP contribution in [0.3, 0.4) is 0 Å². The molecule has 7 heteroatoms. The summed E-state index contributed by atoms with van der Waals surface area (Å²) < 4.78 is 38.6. The van der Waals surface area contributed by atoms with E-state index < -0.39 is 11.7 Å². The Bertz CT molecular complexity index is 743. The highest BCUT2D eigenvalue weighted by Crippen LogP contribution is 2.38. The third kappa shape index (κ3) is 2.19. The molecule has 2 aromatic heterocycles. The van der Waals surface area contributed by atoms with E-state index in [1.165, 1.54) is 28.7 Å². The van der Waals surface area contributed by atoms with Crippen LogP contribution in [0.1, 0.15) is 5.56 Å². The van der Waals surface area contributed by atoms with Crippen LogP contribution in [-0.4, -0.2) is 4.98 Å². The fraction of sp³-hybridized carbons (Fsp3) is 0.0833. The molecule has 0 bridgehead atoms. The Morgan fingerprint density at radius 1 is 1.16 bits per heavy atom. The van der Waals surface area contributed by atoms with Gasteiger partial charge in [0.15, 0.2) is 0 Å². The van der Waals surface area contributed by atoms with Crippen LogP contribution < -0.4 is 5.73 Å². The van der Waals surface area contributed by atoms with Crippen molar-refractivity contribution in [2.45, 2.75) is 6.18 Å². The number of nitrogen functional groups attached to an aromatic ring is 1. The van der Waals surface area contributed by atoms with Crippen molar-refractivity contribution >= 4 is 38.6 Å². The standard InChI is InChI=1S/C12H7F3N2S2/c13-12(14,15)6-1-2-9-8(5-6)17-11(19-9)10-7(16)3-4-18-10/h1-5H,16H2. The van der Waals surface area contributed by atoms with E-state index in [1.54, 1.807) is 6.07 Å². The van der Waals surface area contributed by atoms with Crippen molar-refractivity contribution in [2.75, 3.05) is 5.73 Å². The second-order valence-corrected chi connectivity index (χ2v) is 5.85. The molecule has 0 saturated heterocycles. The number of aromatic nitrogens is 1. The van der Waals surface area contributed by atoms with E-state index >= 15 is 0 Å². The molecular formula is C12H7F3N2S2. The lowest BCUT2D eigenvalue weighted by Crippen LogP contribution is -2.03. The second-order valence-electron chi connectivity index (χ2n) is 3.90. The Kier molecular flexibility index (Phi) is 2.75. The summed E-state index contributed by atoms with van der Waals surface area (Å²) in [7, 11) is 0. The third-order valence-electron chi connectivity index (χ3n) is 2.60. The van der Waals surface area contributed by atoms with Crippen molar-refractivity contribution < 1.29 is 13.2 Å². The van der Waals surface area contributed by atoms with Gasteiger partial charge in [-0.1, -0.05) is 0 Å². The van der Waals surface area contributed by atoms with Crippen LogP contribution in [0.4, 0.5) is 18.9 Å². The molecule has 0 radical (unpaired) electrons. The average Bonchev–Trinajstić information content (AvgIpc) is 2.91. The van der Waals surface area contributed by atoms with Gasteiger partial charge >= 0.3 is 6.18 Å². The molecule has 0 aliphatic rings. The minimum absolute atomic E-state index is 0.350. The van der Waals surface area contributed by atoms with Gasteiger partial charge in [0, 0.05) is 0 Å². The normalized spacial score (nSPS) is 12.2. The molecule has 19 heavy (non-hydrogen) atoms. The predicted octanol–water partition coefficient (Wildman–Crippen LogP) is 4.63. The van der Waals surface area contributed by atoms with Gasteiger partial charge in [0.2, 0.25) is 0 Å². The molecule has 1 aromatic carbocycles. The lowest BCUT2D eigenvalue weighted by molar-refractivity contribution is -0.137. The van der Waals surface area contributed by atoms with E-state index in [1.807, 2.05) is 5.38 Å². The number of hydrogen-bond acceptors (Lipinski definition) is 4. The number of alkyl halides is 3. The molecule has 0 saturated carbocycles. The summed E-state index contributed by atoms with van der Waals surface area (Å²) in [6.45, 7) is 0. The number of halogens is 3. The van der Waals surface area contributed by atoms with Gasteiger partial charge in [-0.2, -0.15) is 13.2 Å². The number of fused-ring (bicyclic) bond motifs is 1. The summed E-state index contributed by atoms with van der Waals surface area (Å²) >= 11 is 2.77. The van der Waals surface area contributed by atoms with Crippen LogP contribution >= 0.6 is 22.7 Å². The van der Waals surface area contributed by atoms with E-state index in [0.29, 0.717) is 16.2 Å². The smallest absolute Gasteiger partial charge is 0.397 e. The molecule has 0 amide bonds. The topological polar surface area (TPSA) is 38.9 Å². The van der Waals surface area contributed by atoms with Gasteiger partial charge in [0.25, 0.3) is 0 Å². The Labute approximate surface area is 114 Å². The first-order valence-corrected chi connectivity index (χ1v) is 6.96. The summed E-state index contributed by atoms with van der Waals surface area (Å²) in [5.74, 6) is 0. The van der Waals surface area contributed by atoms with Crippen LogP contribution in [0.5, 0.6) is 0 Å². The predicted molar refractivity (Wildman–Crippen MR) is 72.3 cm³/mol. The maximum Gasteiger partial charge on any atom is 0.416 e. The molecule has 98 valence electrons. The summed E-state index contributed by atoms with van der Waals surface area (Å²) in [6.07, 6.45) is -4.35. The quantitative estimate of drug-likeness (QED) is 0.712. The first-order valence-electron chi connectivity index (χ1n) is 5.26. The van der Waals surface area contributed by atoms with Crippen molar-refractivity contribution in [2.24, 2.45) is 0 Å². The average molecular weight is 300 g/mol. The molecule has 2 N–H and O–H groups in total. The number of hydrogen-bond donors (Lipinski definition) is 1. The largest absolute Gasteiger partial charge is 0.416 e. The van der Waals surface area contributed by atoms with Gasteiger partial charge < -0.3 is 5.73 Å². The molecule has 2 heterocycles. The Balaban J connectivity index is 2.14. The number of nitrogens with two attached hydrogens (primary N) is 1. The molecule has 3 rings (SSSR count). The maximum atomic E-state index is 12.6. The number of anilines is 1. The second kappa shape index (κ2) is 4.21. The Hall–Kier alpha value is -1.60. The van der Waals surface area contributed by atoms with Crippen molar-refractivity contribution in [1.29, 1.82) is 0 Å². The highest BCUT2D eigenvalue weighted by molar-refractivity contribution is 7.25. The lowest BCUT2D eigenvalue weighted by Gasteiger charge is -2.04. The van der Waals surface area contributed by atoms with Gasteiger partial charge in [0.1, 0.15) is 5.01 Å². The first kappa shape index (κ1) is 12.4. The maximum absolute atomic E-state index is 12.6. The fourth-order valence-corrected chi connectivity index (χ4v) is 3.57. The molecule has 0 aliphatic heterocycles. The number of rotatable bonds is 1. The first-order chi connectivity index (χ1) is 8.95. The molecule has 0 fully saturated rings. The van der Waals surface area contributed by atoms with Crippen molar-refractivity contribution in [3.8, 4) is 9.88 Å². The molecular weight excluding hydrogens is 293 g/mol. The third-order valence-corrected chi connectivity index (χ3v) is 4.72. The lowest BCUT2D eigenvalue weighted by atomic mass is 10.2. The number of benzene rings is 1. The van der Waals surface area contributed by atoms with Gasteiger partial charge in [-0.05, 0) is 29.6 Å². The number of thiazole rings is 1. The highest BCUT2D eigenvalue weighted by Gasteiger charge is 2.30. The molecule has 0 atom stereocenters. The monoisotopic (exact) mass is 300 g/mol. The minimum Gasteiger partial charge on any atom is -0.397 e. The number of thiophene rings is 1. The Morgan fingerprint density at radius 3 is 2.58 bits per heavy atom. The van der Waals surface area contributed by atoms with Crippen LogP contribution in [0.2, 0.25) is 0 Å². The minimum atomic E-state index is -4.35. The molecule has 0 unspecified atom stereocenters. The zero-order valence-electron chi connectivity index (χ0n) is 9.36. The zero-order valence-corrected chi connectivity index (χ0v) is 11.0. The molecule has 0 aliphatic carbocycles. The summed E-state index contributed by atoms with van der Waals surface area (Å²) in [6, 6.07) is 5.34. The van der Waals surface area contributed by atoms with E-state index in [4.69, 9.17) is 5.73 Å². The molecule has 3 aromatic rings. The number of nitrogens with zero attached hydrogens (tertiary/aromatic N) is 1. The molecule has 0 spiro atoms. The summed E-state index contributed by atoms with van der Waals surface area (Å²) in [5, 5.41) is 2.49. The zero-order chi connectivity index (χ0) is 13.6. The van der Waals surface area contributed by atoms with E-state index in [-0.39, 0.29) is 0 Å². The van der Waals surface area contributed by atoms with Gasteiger partial charge in [-0.3, -0.25) is 0 Å². The van der Waals surface area contributed by atoms with Crippen LogP contribution in [-0.2, 0) is 6.18 Å². The van der Waals surface area contributed by atoms with Gasteiger partial charge in [-0.15, -0.1) is 22.7 Å². The van der Waals surface area contributed by atoms with Crippen LogP contribution in [0.15, 0.2) is 29.6 Å². The van der Waals surface area contributed by atoms with E-state index in [9.17, 15) is 13.2 Å². The highest BCUT2D eigenvalue weighted by atomic mass is 32.1. The molecule has 2 nitrogen and oxygen atoms in total. The van der Waals surface area contributed by atoms with E-state index in [2.05, 4.69) is 4.98 Å². The Morgan fingerprint density at radius 2 is 1.95 bits per heavy atom. The van der Waals surface area contributed by atoms with Crippen LogP contribution in [0, 0.1) is 0 Å². The van der Waals surface area contributed by atoms with Gasteiger partial charge in [0.05, 0.1) is 26.3 Å². The fourth-order valence-electron chi connectivity index (χ4n) is 1.69. The van der Waals surface area contributed by atoms with Crippen molar-refractivity contribution in [3.05, 3.63) is 35.2 Å². The van der Waals surface area contributed by atoms with Crippen molar-refractivity contribution in [1.82, 2.24) is 4.98 Å². The van der Waals surface area contributed by atoms with Crippen molar-refractivity contribution in [3.63, 3.8) is 0 Å².